The molecule has 2 aliphatic rings. The number of aromatic nitrogens is 2. The largest absolute Gasteiger partial charge is 0.489 e. The lowest BCUT2D eigenvalue weighted by Crippen LogP contribution is -2.42. The van der Waals surface area contributed by atoms with Gasteiger partial charge in [0.1, 0.15) is 29.4 Å². The maximum atomic E-state index is 12.5. The van der Waals surface area contributed by atoms with Crippen LogP contribution in [0.4, 0.5) is 0 Å². The Morgan fingerprint density at radius 1 is 1.33 bits per heavy atom. The van der Waals surface area contributed by atoms with E-state index in [1.54, 1.807) is 4.90 Å². The molecule has 0 aliphatic carbocycles. The molecule has 140 valence electrons. The smallest absolute Gasteiger partial charge is 0.237 e. The summed E-state index contributed by atoms with van der Waals surface area (Å²) in [5.41, 5.74) is 0.777. The van der Waals surface area contributed by atoms with Crippen molar-refractivity contribution in [2.75, 3.05) is 26.2 Å². The van der Waals surface area contributed by atoms with Gasteiger partial charge in [0.25, 0.3) is 0 Å². The van der Waals surface area contributed by atoms with Crippen molar-refractivity contribution in [3.8, 4) is 11.8 Å². The molecular weight excluding hydrogens is 366 g/mol. The molecule has 1 aromatic carbocycles. The molecule has 2 atom stereocenters. The van der Waals surface area contributed by atoms with Crippen molar-refractivity contribution in [1.29, 1.82) is 5.26 Å². The van der Waals surface area contributed by atoms with Crippen molar-refractivity contribution in [3.05, 3.63) is 29.7 Å². The molecule has 2 fully saturated rings. The molecular formula is C19H20ClN5O2. The molecule has 7 nitrogen and oxygen atoms in total. The summed E-state index contributed by atoms with van der Waals surface area (Å²) in [6, 6.07) is 7.55. The lowest BCUT2D eigenvalue weighted by molar-refractivity contribution is -0.132. The Hall–Kier alpha value is -2.43. The first kappa shape index (κ1) is 18.0. The minimum atomic E-state index is -0.267. The fourth-order valence-corrected chi connectivity index (χ4v) is 3.98. The average molecular weight is 386 g/mol. The van der Waals surface area contributed by atoms with Crippen molar-refractivity contribution in [3.63, 3.8) is 0 Å². The van der Waals surface area contributed by atoms with Gasteiger partial charge in [-0.25, -0.2) is 9.97 Å². The second kappa shape index (κ2) is 7.67. The van der Waals surface area contributed by atoms with E-state index >= 15 is 0 Å². The fourth-order valence-electron chi connectivity index (χ4n) is 3.79. The number of nitriles is 1. The van der Waals surface area contributed by atoms with E-state index in [9.17, 15) is 4.79 Å². The number of likely N-dealkylation sites (tertiary alicyclic amines) is 2. The van der Waals surface area contributed by atoms with E-state index in [2.05, 4.69) is 20.9 Å². The number of fused-ring (bicyclic) bond motifs is 1. The molecule has 0 radical (unpaired) electrons. The predicted molar refractivity (Wildman–Crippen MR) is 100 cm³/mol. The van der Waals surface area contributed by atoms with Crippen LogP contribution in [0.2, 0.25) is 5.15 Å². The molecule has 1 amide bonds. The summed E-state index contributed by atoms with van der Waals surface area (Å²) in [4.78, 5) is 24.5. The SMILES string of the molecule is N#CC1CCCN1C(=O)CN1CCC(Oc2ccc3ncnc(Cl)c3c2)C1. The molecule has 4 rings (SSSR count). The molecule has 1 aromatic heterocycles. The number of amides is 1. The Morgan fingerprint density at radius 2 is 2.22 bits per heavy atom. The Kier molecular flexibility index (Phi) is 5.10. The summed E-state index contributed by atoms with van der Waals surface area (Å²) in [5.74, 6) is 0.760. The topological polar surface area (TPSA) is 82.4 Å². The van der Waals surface area contributed by atoms with E-state index in [4.69, 9.17) is 21.6 Å². The van der Waals surface area contributed by atoms with Gasteiger partial charge in [0.05, 0.1) is 18.1 Å². The second-order valence-electron chi connectivity index (χ2n) is 6.98. The second-order valence-corrected chi connectivity index (χ2v) is 7.34. The van der Waals surface area contributed by atoms with E-state index in [1.807, 2.05) is 18.2 Å². The summed E-state index contributed by atoms with van der Waals surface area (Å²) in [7, 11) is 0. The van der Waals surface area contributed by atoms with Gasteiger partial charge in [0.2, 0.25) is 5.91 Å². The van der Waals surface area contributed by atoms with Crippen molar-refractivity contribution >= 4 is 28.4 Å². The first-order chi connectivity index (χ1) is 13.1. The zero-order chi connectivity index (χ0) is 18.8. The van der Waals surface area contributed by atoms with Crippen LogP contribution in [0.15, 0.2) is 24.5 Å². The molecule has 0 bridgehead atoms. The van der Waals surface area contributed by atoms with Crippen LogP contribution in [0.3, 0.4) is 0 Å². The number of rotatable bonds is 4. The number of hydrogen-bond acceptors (Lipinski definition) is 6. The zero-order valence-electron chi connectivity index (χ0n) is 14.8. The quantitative estimate of drug-likeness (QED) is 0.751. The van der Waals surface area contributed by atoms with Crippen LogP contribution in [-0.2, 0) is 4.79 Å². The van der Waals surface area contributed by atoms with Crippen LogP contribution in [-0.4, -0.2) is 64.0 Å². The van der Waals surface area contributed by atoms with Crippen molar-refractivity contribution in [1.82, 2.24) is 19.8 Å². The van der Waals surface area contributed by atoms with Crippen LogP contribution in [0, 0.1) is 11.3 Å². The summed E-state index contributed by atoms with van der Waals surface area (Å²) in [5, 5.41) is 10.3. The summed E-state index contributed by atoms with van der Waals surface area (Å²) < 4.78 is 6.08. The van der Waals surface area contributed by atoms with Crippen LogP contribution >= 0.6 is 11.6 Å². The number of nitrogens with zero attached hydrogens (tertiary/aromatic N) is 5. The number of ether oxygens (including phenoxy) is 1. The molecule has 0 N–H and O–H groups in total. The third kappa shape index (κ3) is 3.82. The van der Waals surface area contributed by atoms with Crippen molar-refractivity contribution in [2.24, 2.45) is 0 Å². The van der Waals surface area contributed by atoms with Crippen molar-refractivity contribution < 1.29 is 9.53 Å². The first-order valence-electron chi connectivity index (χ1n) is 9.12. The normalized spacial score (nSPS) is 22.9. The molecule has 2 aliphatic heterocycles. The van der Waals surface area contributed by atoms with Crippen LogP contribution < -0.4 is 4.74 Å². The van der Waals surface area contributed by atoms with E-state index in [0.717, 1.165) is 42.5 Å². The number of carbonyl (C=O) groups is 1. The number of hydrogen-bond donors (Lipinski definition) is 0. The van der Waals surface area contributed by atoms with Gasteiger partial charge in [0.15, 0.2) is 0 Å². The summed E-state index contributed by atoms with van der Waals surface area (Å²) in [6.45, 7) is 2.52. The molecule has 0 saturated carbocycles. The summed E-state index contributed by atoms with van der Waals surface area (Å²) >= 11 is 6.13. The highest BCUT2D eigenvalue weighted by Crippen LogP contribution is 2.26. The van der Waals surface area contributed by atoms with E-state index in [0.29, 0.717) is 24.8 Å². The molecule has 8 heteroatoms. The van der Waals surface area contributed by atoms with Gasteiger partial charge in [-0.3, -0.25) is 9.69 Å². The van der Waals surface area contributed by atoms with Crippen LogP contribution in [0.1, 0.15) is 19.3 Å². The zero-order valence-corrected chi connectivity index (χ0v) is 15.6. The van der Waals surface area contributed by atoms with Crippen LogP contribution in [0.5, 0.6) is 5.75 Å². The Balaban J connectivity index is 1.35. The van der Waals surface area contributed by atoms with E-state index in [1.165, 1.54) is 6.33 Å². The van der Waals surface area contributed by atoms with Crippen LogP contribution in [0.25, 0.3) is 10.9 Å². The molecule has 0 spiro atoms. The summed E-state index contributed by atoms with van der Waals surface area (Å²) in [6.07, 6.45) is 4.00. The maximum absolute atomic E-state index is 12.5. The molecule has 2 unspecified atom stereocenters. The Labute approximate surface area is 162 Å². The monoisotopic (exact) mass is 385 g/mol. The van der Waals surface area contributed by atoms with Gasteiger partial charge >= 0.3 is 0 Å². The number of halogens is 1. The van der Waals surface area contributed by atoms with Gasteiger partial charge in [0, 0.05) is 25.0 Å². The number of carbonyl (C=O) groups excluding carboxylic acids is 1. The van der Waals surface area contributed by atoms with Gasteiger partial charge in [-0.2, -0.15) is 5.26 Å². The van der Waals surface area contributed by atoms with Gasteiger partial charge < -0.3 is 9.64 Å². The minimum Gasteiger partial charge on any atom is -0.489 e. The van der Waals surface area contributed by atoms with E-state index < -0.39 is 0 Å². The first-order valence-corrected chi connectivity index (χ1v) is 9.50. The highest BCUT2D eigenvalue weighted by atomic mass is 35.5. The minimum absolute atomic E-state index is 0.0176. The van der Waals surface area contributed by atoms with Gasteiger partial charge in [-0.1, -0.05) is 11.6 Å². The van der Waals surface area contributed by atoms with Gasteiger partial charge in [-0.15, -0.1) is 0 Å². The standard InChI is InChI=1S/C19H20ClN5O2/c20-19-16-8-14(3-4-17(16)22-12-23-19)27-15-5-7-24(10-15)11-18(26)25-6-1-2-13(25)9-21/h3-4,8,12-13,15H,1-2,5-7,10-11H2. The highest BCUT2D eigenvalue weighted by molar-refractivity contribution is 6.34. The lowest BCUT2D eigenvalue weighted by Gasteiger charge is -2.23. The third-order valence-corrected chi connectivity index (χ3v) is 5.47. The Bertz CT molecular complexity index is 899. The highest BCUT2D eigenvalue weighted by Gasteiger charge is 2.32. The lowest BCUT2D eigenvalue weighted by atomic mass is 10.2. The maximum Gasteiger partial charge on any atom is 0.237 e. The van der Waals surface area contributed by atoms with Crippen molar-refractivity contribution in [2.45, 2.75) is 31.4 Å². The number of benzene rings is 1. The predicted octanol–water partition coefficient (Wildman–Crippen LogP) is 2.25. The van der Waals surface area contributed by atoms with E-state index in [-0.39, 0.29) is 18.1 Å². The Morgan fingerprint density at radius 3 is 3.07 bits per heavy atom. The average Bonchev–Trinajstić information content (AvgIpc) is 3.31. The molecule has 2 aromatic rings. The fraction of sp³-hybridized carbons (Fsp3) is 0.474. The molecule has 27 heavy (non-hydrogen) atoms. The van der Waals surface area contributed by atoms with Gasteiger partial charge in [-0.05, 0) is 37.5 Å². The molecule has 3 heterocycles. The third-order valence-electron chi connectivity index (χ3n) is 5.17. The molecule has 2 saturated heterocycles.